The van der Waals surface area contributed by atoms with Crippen molar-refractivity contribution in [1.82, 2.24) is 0 Å². The van der Waals surface area contributed by atoms with E-state index in [1.54, 1.807) is 0 Å². The molecule has 0 spiro atoms. The van der Waals surface area contributed by atoms with Gasteiger partial charge in [0, 0.05) is 0 Å². The van der Waals surface area contributed by atoms with E-state index in [1.165, 1.54) is 25.7 Å². The summed E-state index contributed by atoms with van der Waals surface area (Å²) in [5.41, 5.74) is 0.284. The number of hydrogen-bond donors (Lipinski definition) is 1. The highest BCUT2D eigenvalue weighted by Gasteiger charge is 2.60. The Labute approximate surface area is 127 Å². The average Bonchev–Trinajstić information content (AvgIpc) is 2.74. The summed E-state index contributed by atoms with van der Waals surface area (Å²) in [6.45, 7) is 5.31. The molecule has 4 aliphatic rings. The first-order valence-electron chi connectivity index (χ1n) is 8.79. The molecule has 1 aliphatic heterocycles. The maximum atomic E-state index is 11.9. The highest BCUT2D eigenvalue weighted by Crippen LogP contribution is 2.65. The lowest BCUT2D eigenvalue weighted by Crippen LogP contribution is -2.55. The van der Waals surface area contributed by atoms with Gasteiger partial charge in [0.05, 0.1) is 19.1 Å². The van der Waals surface area contributed by atoms with Crippen LogP contribution in [-0.4, -0.2) is 23.8 Å². The molecular formula is C18H28O3. The molecule has 118 valence electrons. The van der Waals surface area contributed by atoms with Crippen molar-refractivity contribution in [2.75, 3.05) is 6.61 Å². The first-order valence-corrected chi connectivity index (χ1v) is 8.79. The van der Waals surface area contributed by atoms with E-state index in [1.807, 2.05) is 0 Å². The average molecular weight is 292 g/mol. The SMILES string of the molecule is CC12CC[C@H]3C(CC[C@H]4COC(=O)CC43C)[C@@H]1CCC2O. The number of cyclic esters (lactones) is 1. The van der Waals surface area contributed by atoms with Gasteiger partial charge in [0.15, 0.2) is 0 Å². The molecule has 3 heteroatoms. The standard InChI is InChI=1S/C18H28O3/c1-17-8-7-14-12(13(17)5-6-15(17)19)4-3-11-10-21-16(20)9-18(11,14)2/h11-15,19H,3-10H2,1-2H3/t11-,12?,13-,14-,15?,17?,18?/m0/s1. The van der Waals surface area contributed by atoms with Crippen LogP contribution in [0.5, 0.6) is 0 Å². The van der Waals surface area contributed by atoms with E-state index in [0.29, 0.717) is 36.7 Å². The summed E-state index contributed by atoms with van der Waals surface area (Å²) in [5, 5.41) is 10.4. The predicted octanol–water partition coefficient (Wildman–Crippen LogP) is 3.15. The zero-order chi connectivity index (χ0) is 14.8. The van der Waals surface area contributed by atoms with Gasteiger partial charge in [0.2, 0.25) is 0 Å². The first kappa shape index (κ1) is 14.0. The van der Waals surface area contributed by atoms with Crippen molar-refractivity contribution in [2.24, 2.45) is 34.5 Å². The zero-order valence-electron chi connectivity index (χ0n) is 13.3. The van der Waals surface area contributed by atoms with Crippen LogP contribution in [0.1, 0.15) is 58.8 Å². The Balaban J connectivity index is 1.66. The molecule has 3 nitrogen and oxygen atoms in total. The number of carbonyl (C=O) groups is 1. The van der Waals surface area contributed by atoms with Crippen LogP contribution in [0.15, 0.2) is 0 Å². The second-order valence-electron chi connectivity index (χ2n) is 8.65. The zero-order valence-corrected chi connectivity index (χ0v) is 13.3. The van der Waals surface area contributed by atoms with E-state index >= 15 is 0 Å². The minimum atomic E-state index is -0.106. The van der Waals surface area contributed by atoms with Gasteiger partial charge < -0.3 is 9.84 Å². The second kappa shape index (κ2) is 4.47. The summed E-state index contributed by atoms with van der Waals surface area (Å²) in [6.07, 6.45) is 7.47. The molecule has 0 aromatic carbocycles. The van der Waals surface area contributed by atoms with Gasteiger partial charge in [-0.2, -0.15) is 0 Å². The lowest BCUT2D eigenvalue weighted by molar-refractivity contribution is -0.179. The molecule has 3 aliphatic carbocycles. The Morgan fingerprint density at radius 1 is 1.05 bits per heavy atom. The topological polar surface area (TPSA) is 46.5 Å². The summed E-state index contributed by atoms with van der Waals surface area (Å²) in [4.78, 5) is 11.9. The van der Waals surface area contributed by atoms with Crippen molar-refractivity contribution >= 4 is 5.97 Å². The molecule has 1 N–H and O–H groups in total. The maximum Gasteiger partial charge on any atom is 0.306 e. The number of rotatable bonds is 0. The molecule has 0 bridgehead atoms. The Morgan fingerprint density at radius 3 is 2.62 bits per heavy atom. The predicted molar refractivity (Wildman–Crippen MR) is 79.5 cm³/mol. The molecule has 1 heterocycles. The van der Waals surface area contributed by atoms with Crippen molar-refractivity contribution in [3.8, 4) is 0 Å². The normalized spacial score (nSPS) is 56.1. The third kappa shape index (κ3) is 1.79. The quantitative estimate of drug-likeness (QED) is 0.698. The molecule has 1 saturated heterocycles. The molecule has 0 radical (unpaired) electrons. The van der Waals surface area contributed by atoms with Crippen LogP contribution in [0.3, 0.4) is 0 Å². The smallest absolute Gasteiger partial charge is 0.306 e. The molecule has 0 aromatic heterocycles. The highest BCUT2D eigenvalue weighted by molar-refractivity contribution is 5.71. The van der Waals surface area contributed by atoms with Gasteiger partial charge in [-0.1, -0.05) is 13.8 Å². The third-order valence-electron chi connectivity index (χ3n) is 7.99. The molecule has 0 aromatic rings. The maximum absolute atomic E-state index is 11.9. The largest absolute Gasteiger partial charge is 0.465 e. The highest BCUT2D eigenvalue weighted by atomic mass is 16.5. The first-order chi connectivity index (χ1) is 9.95. The Bertz CT molecular complexity index is 461. The van der Waals surface area contributed by atoms with Crippen LogP contribution in [0.2, 0.25) is 0 Å². The van der Waals surface area contributed by atoms with Gasteiger partial charge >= 0.3 is 5.97 Å². The van der Waals surface area contributed by atoms with E-state index in [9.17, 15) is 9.90 Å². The molecule has 4 unspecified atom stereocenters. The number of esters is 1. The molecular weight excluding hydrogens is 264 g/mol. The molecule has 21 heavy (non-hydrogen) atoms. The van der Waals surface area contributed by atoms with Crippen molar-refractivity contribution in [1.29, 1.82) is 0 Å². The van der Waals surface area contributed by atoms with Gasteiger partial charge in [-0.3, -0.25) is 4.79 Å². The Morgan fingerprint density at radius 2 is 1.81 bits per heavy atom. The number of aliphatic hydroxyl groups is 1. The number of aliphatic hydroxyl groups excluding tert-OH is 1. The number of fused-ring (bicyclic) bond motifs is 5. The summed E-state index contributed by atoms with van der Waals surface area (Å²) < 4.78 is 5.34. The van der Waals surface area contributed by atoms with E-state index in [4.69, 9.17) is 4.74 Å². The lowest BCUT2D eigenvalue weighted by Gasteiger charge is -2.59. The Kier molecular flexibility index (Phi) is 2.99. The third-order valence-corrected chi connectivity index (χ3v) is 7.99. The minimum Gasteiger partial charge on any atom is -0.465 e. The molecule has 0 amide bonds. The van der Waals surface area contributed by atoms with Gasteiger partial charge in [0.25, 0.3) is 0 Å². The van der Waals surface area contributed by atoms with Crippen LogP contribution in [0.25, 0.3) is 0 Å². The van der Waals surface area contributed by atoms with Crippen molar-refractivity contribution in [2.45, 2.75) is 64.9 Å². The Hall–Kier alpha value is -0.570. The van der Waals surface area contributed by atoms with Crippen molar-refractivity contribution < 1.29 is 14.6 Å². The minimum absolute atomic E-state index is 0.00851. The summed E-state index contributed by atoms with van der Waals surface area (Å²) in [7, 11) is 0. The van der Waals surface area contributed by atoms with Crippen LogP contribution >= 0.6 is 0 Å². The fourth-order valence-corrected chi connectivity index (χ4v) is 6.61. The van der Waals surface area contributed by atoms with Crippen molar-refractivity contribution in [3.63, 3.8) is 0 Å². The van der Waals surface area contributed by atoms with E-state index in [-0.39, 0.29) is 22.9 Å². The summed E-state index contributed by atoms with van der Waals surface area (Å²) in [5.74, 6) is 2.61. The van der Waals surface area contributed by atoms with Crippen LogP contribution < -0.4 is 0 Å². The van der Waals surface area contributed by atoms with Crippen LogP contribution in [-0.2, 0) is 9.53 Å². The van der Waals surface area contributed by atoms with E-state index in [0.717, 1.165) is 12.8 Å². The fraction of sp³-hybridized carbons (Fsp3) is 0.944. The fourth-order valence-electron chi connectivity index (χ4n) is 6.61. The van der Waals surface area contributed by atoms with E-state index < -0.39 is 0 Å². The van der Waals surface area contributed by atoms with Crippen LogP contribution in [0.4, 0.5) is 0 Å². The number of ether oxygens (including phenoxy) is 1. The van der Waals surface area contributed by atoms with Gasteiger partial charge in [-0.15, -0.1) is 0 Å². The van der Waals surface area contributed by atoms with Gasteiger partial charge in [-0.25, -0.2) is 0 Å². The molecule has 3 saturated carbocycles. The summed E-state index contributed by atoms with van der Waals surface area (Å²) >= 11 is 0. The van der Waals surface area contributed by atoms with Crippen molar-refractivity contribution in [3.05, 3.63) is 0 Å². The lowest BCUT2D eigenvalue weighted by atomic mass is 9.46. The molecule has 4 rings (SSSR count). The molecule has 4 fully saturated rings. The number of carbonyl (C=O) groups excluding carboxylic acids is 1. The number of hydrogen-bond acceptors (Lipinski definition) is 3. The van der Waals surface area contributed by atoms with Gasteiger partial charge in [-0.05, 0) is 73.0 Å². The monoisotopic (exact) mass is 292 g/mol. The van der Waals surface area contributed by atoms with Crippen LogP contribution in [0, 0.1) is 34.5 Å². The van der Waals surface area contributed by atoms with E-state index in [2.05, 4.69) is 13.8 Å². The van der Waals surface area contributed by atoms with Gasteiger partial charge in [0.1, 0.15) is 0 Å². The molecule has 7 atom stereocenters. The summed E-state index contributed by atoms with van der Waals surface area (Å²) in [6, 6.07) is 0. The second-order valence-corrected chi connectivity index (χ2v) is 8.65.